The summed E-state index contributed by atoms with van der Waals surface area (Å²) < 4.78 is 0. The molecule has 0 aliphatic heterocycles. The molecule has 1 amide bonds. The van der Waals surface area contributed by atoms with Crippen molar-refractivity contribution in [3.63, 3.8) is 0 Å². The van der Waals surface area contributed by atoms with Gasteiger partial charge < -0.3 is 10.7 Å². The molecular weight excluding hydrogens is 298 g/mol. The summed E-state index contributed by atoms with van der Waals surface area (Å²) >= 11 is 5.93. The number of aromatic amines is 1. The van der Waals surface area contributed by atoms with Crippen molar-refractivity contribution < 1.29 is 4.79 Å². The van der Waals surface area contributed by atoms with Gasteiger partial charge in [0.15, 0.2) is 0 Å². The zero-order valence-corrected chi connectivity index (χ0v) is 12.3. The van der Waals surface area contributed by atoms with Crippen LogP contribution in [0.4, 0.5) is 0 Å². The summed E-state index contributed by atoms with van der Waals surface area (Å²) in [5.74, 6) is -0.514. The molecule has 0 unspecified atom stereocenters. The normalized spacial score (nSPS) is 10.5. The predicted molar refractivity (Wildman–Crippen MR) is 86.6 cm³/mol. The van der Waals surface area contributed by atoms with Crippen LogP contribution >= 0.6 is 11.6 Å². The number of hydrogen-bond donors (Lipinski definition) is 2. The molecule has 0 aliphatic rings. The van der Waals surface area contributed by atoms with Gasteiger partial charge in [-0.25, -0.2) is 0 Å². The predicted octanol–water partition coefficient (Wildman–Crippen LogP) is 3.65. The monoisotopic (exact) mass is 309 g/mol. The van der Waals surface area contributed by atoms with Gasteiger partial charge >= 0.3 is 0 Å². The highest BCUT2D eigenvalue weighted by atomic mass is 35.5. The Morgan fingerprint density at radius 3 is 2.59 bits per heavy atom. The van der Waals surface area contributed by atoms with Gasteiger partial charge in [0.1, 0.15) is 5.69 Å². The van der Waals surface area contributed by atoms with E-state index < -0.39 is 5.91 Å². The number of nitrogens with one attached hydrogen (secondary N) is 1. The fraction of sp³-hybridized carbons (Fsp3) is 0.0588. The van der Waals surface area contributed by atoms with Gasteiger partial charge in [-0.1, -0.05) is 23.7 Å². The number of benzene rings is 2. The van der Waals surface area contributed by atoms with Gasteiger partial charge in [0.25, 0.3) is 5.91 Å². The van der Waals surface area contributed by atoms with Crippen molar-refractivity contribution in [2.75, 3.05) is 0 Å². The minimum absolute atomic E-state index is 0.299. The molecule has 3 N–H and O–H groups in total. The van der Waals surface area contributed by atoms with E-state index >= 15 is 0 Å². The Balaban J connectivity index is 2.27. The number of carbonyl (C=O) groups excluding carboxylic acids is 1. The van der Waals surface area contributed by atoms with Gasteiger partial charge in [0.2, 0.25) is 0 Å². The second-order valence-corrected chi connectivity index (χ2v) is 5.43. The van der Waals surface area contributed by atoms with Crippen molar-refractivity contribution in [2.45, 2.75) is 6.42 Å². The molecule has 3 aromatic rings. The molecule has 22 heavy (non-hydrogen) atoms. The Bertz CT molecular complexity index is 904. The van der Waals surface area contributed by atoms with Crippen LogP contribution in [0, 0.1) is 11.3 Å². The number of nitrogens with two attached hydrogens (primary N) is 1. The SMILES string of the molecule is N#CCc1cc(-c2ccc(Cl)cc2)c2[nH]c(C(N)=O)cc2c1. The number of nitriles is 1. The van der Waals surface area contributed by atoms with Crippen LogP contribution in [0.5, 0.6) is 0 Å². The maximum Gasteiger partial charge on any atom is 0.265 e. The zero-order chi connectivity index (χ0) is 15.7. The fourth-order valence-corrected chi connectivity index (χ4v) is 2.62. The molecule has 3 rings (SSSR count). The minimum atomic E-state index is -0.514. The Morgan fingerprint density at radius 2 is 1.95 bits per heavy atom. The molecular formula is C17H12ClN3O. The number of halogens is 1. The molecule has 0 saturated heterocycles. The Hall–Kier alpha value is -2.77. The number of aromatic nitrogens is 1. The smallest absolute Gasteiger partial charge is 0.265 e. The number of amides is 1. The van der Waals surface area contributed by atoms with Crippen LogP contribution in [0.15, 0.2) is 42.5 Å². The van der Waals surface area contributed by atoms with Gasteiger partial charge in [-0.3, -0.25) is 4.79 Å². The van der Waals surface area contributed by atoms with E-state index in [0.29, 0.717) is 17.1 Å². The molecule has 2 aromatic carbocycles. The highest BCUT2D eigenvalue weighted by molar-refractivity contribution is 6.30. The zero-order valence-electron chi connectivity index (χ0n) is 11.6. The summed E-state index contributed by atoms with van der Waals surface area (Å²) in [5, 5.41) is 10.4. The molecule has 0 saturated carbocycles. The van der Waals surface area contributed by atoms with E-state index in [0.717, 1.165) is 27.6 Å². The lowest BCUT2D eigenvalue weighted by Crippen LogP contribution is -2.10. The summed E-state index contributed by atoms with van der Waals surface area (Å²) in [7, 11) is 0. The number of carbonyl (C=O) groups is 1. The molecule has 4 nitrogen and oxygen atoms in total. The quantitative estimate of drug-likeness (QED) is 0.774. The first-order valence-electron chi connectivity index (χ1n) is 6.67. The van der Waals surface area contributed by atoms with Crippen molar-refractivity contribution >= 4 is 28.4 Å². The van der Waals surface area contributed by atoms with Crippen LogP contribution in [0.25, 0.3) is 22.0 Å². The van der Waals surface area contributed by atoms with Crippen LogP contribution in [0.3, 0.4) is 0 Å². The Morgan fingerprint density at radius 1 is 1.23 bits per heavy atom. The van der Waals surface area contributed by atoms with E-state index in [1.807, 2.05) is 24.3 Å². The topological polar surface area (TPSA) is 82.7 Å². The van der Waals surface area contributed by atoms with Crippen molar-refractivity contribution in [1.82, 2.24) is 4.98 Å². The second-order valence-electron chi connectivity index (χ2n) is 5.00. The maximum absolute atomic E-state index is 11.4. The molecule has 0 fully saturated rings. The van der Waals surface area contributed by atoms with Crippen LogP contribution in [-0.2, 0) is 6.42 Å². The van der Waals surface area contributed by atoms with E-state index in [9.17, 15) is 4.79 Å². The van der Waals surface area contributed by atoms with Crippen LogP contribution in [-0.4, -0.2) is 10.9 Å². The number of nitrogens with zero attached hydrogens (tertiary/aromatic N) is 1. The first-order valence-corrected chi connectivity index (χ1v) is 7.04. The van der Waals surface area contributed by atoms with Gasteiger partial charge in [-0.15, -0.1) is 0 Å². The van der Waals surface area contributed by atoms with Crippen molar-refractivity contribution in [1.29, 1.82) is 5.26 Å². The number of fused-ring (bicyclic) bond motifs is 1. The number of hydrogen-bond acceptors (Lipinski definition) is 2. The van der Waals surface area contributed by atoms with Gasteiger partial charge in [-0.05, 0) is 41.5 Å². The first-order chi connectivity index (χ1) is 10.6. The van der Waals surface area contributed by atoms with Gasteiger partial charge in [-0.2, -0.15) is 5.26 Å². The van der Waals surface area contributed by atoms with Crippen molar-refractivity contribution in [3.05, 3.63) is 58.7 Å². The lowest BCUT2D eigenvalue weighted by molar-refractivity contribution is 0.0996. The number of rotatable bonds is 3. The fourth-order valence-electron chi connectivity index (χ4n) is 2.49. The third-order valence-electron chi connectivity index (χ3n) is 3.49. The molecule has 5 heteroatoms. The van der Waals surface area contributed by atoms with Crippen molar-refractivity contribution in [2.24, 2.45) is 5.73 Å². The third-order valence-corrected chi connectivity index (χ3v) is 3.74. The minimum Gasteiger partial charge on any atom is -0.364 e. The van der Waals surface area contributed by atoms with E-state index in [1.54, 1.807) is 18.2 Å². The first kappa shape index (κ1) is 14.2. The molecule has 0 atom stereocenters. The van der Waals surface area contributed by atoms with Crippen molar-refractivity contribution in [3.8, 4) is 17.2 Å². The Labute approximate surface area is 132 Å². The van der Waals surface area contributed by atoms with Crippen LogP contribution in [0.1, 0.15) is 16.1 Å². The average Bonchev–Trinajstić information content (AvgIpc) is 2.92. The van der Waals surface area contributed by atoms with Crippen LogP contribution < -0.4 is 5.73 Å². The standard InChI is InChI=1S/C17H12ClN3O/c18-13-3-1-11(2-4-13)14-8-10(5-6-19)7-12-9-15(17(20)22)21-16(12)14/h1-4,7-9,21H,5H2,(H2,20,22). The number of H-pyrrole nitrogens is 1. The molecule has 108 valence electrons. The summed E-state index contributed by atoms with van der Waals surface area (Å²) in [6.07, 6.45) is 0.299. The molecule has 0 aliphatic carbocycles. The van der Waals surface area contributed by atoms with Gasteiger partial charge in [0.05, 0.1) is 18.0 Å². The number of primary amides is 1. The maximum atomic E-state index is 11.4. The van der Waals surface area contributed by atoms with Crippen LogP contribution in [0.2, 0.25) is 5.02 Å². The molecule has 1 heterocycles. The second kappa shape index (κ2) is 5.55. The highest BCUT2D eigenvalue weighted by Gasteiger charge is 2.12. The molecule has 0 radical (unpaired) electrons. The lowest BCUT2D eigenvalue weighted by Gasteiger charge is -2.07. The third kappa shape index (κ3) is 2.54. The van der Waals surface area contributed by atoms with E-state index in [4.69, 9.17) is 22.6 Å². The molecule has 0 bridgehead atoms. The van der Waals surface area contributed by atoms with E-state index in [2.05, 4.69) is 11.1 Å². The Kier molecular flexibility index (Phi) is 3.58. The summed E-state index contributed by atoms with van der Waals surface area (Å²) in [6.45, 7) is 0. The van der Waals surface area contributed by atoms with E-state index in [1.165, 1.54) is 0 Å². The largest absolute Gasteiger partial charge is 0.364 e. The highest BCUT2D eigenvalue weighted by Crippen LogP contribution is 2.31. The summed E-state index contributed by atoms with van der Waals surface area (Å²) in [5.41, 5.74) is 9.25. The van der Waals surface area contributed by atoms with Gasteiger partial charge in [0, 0.05) is 16.0 Å². The summed E-state index contributed by atoms with van der Waals surface area (Å²) in [6, 6.07) is 15.1. The summed E-state index contributed by atoms with van der Waals surface area (Å²) in [4.78, 5) is 14.5. The molecule has 0 spiro atoms. The van der Waals surface area contributed by atoms with E-state index in [-0.39, 0.29) is 0 Å². The molecule has 1 aromatic heterocycles. The lowest BCUT2D eigenvalue weighted by atomic mass is 9.99. The average molecular weight is 310 g/mol.